The Balaban J connectivity index is 1.38. The van der Waals surface area contributed by atoms with Gasteiger partial charge in [0.15, 0.2) is 0 Å². The van der Waals surface area contributed by atoms with Crippen LogP contribution in [0.2, 0.25) is 0 Å². The second-order valence-corrected chi connectivity index (χ2v) is 21.2. The number of carboxylic acid groups (broad SMARTS) is 1. The molecule has 3 aliphatic rings. The van der Waals surface area contributed by atoms with Crippen molar-refractivity contribution in [1.82, 2.24) is 56.0 Å². The van der Waals surface area contributed by atoms with Crippen LogP contribution in [-0.4, -0.2) is 228 Å². The summed E-state index contributed by atoms with van der Waals surface area (Å²) in [6.07, 6.45) is 1.31. The van der Waals surface area contributed by atoms with Gasteiger partial charge >= 0.3 is 18.2 Å². The van der Waals surface area contributed by atoms with Crippen LogP contribution in [0.3, 0.4) is 0 Å². The third-order valence-corrected chi connectivity index (χ3v) is 13.7. The van der Waals surface area contributed by atoms with Gasteiger partial charge in [-0.05, 0) is 83.6 Å². The number of nitrogens with zero attached hydrogens (tertiary/aromatic N) is 6. The minimum atomic E-state index is -1.45. The number of alkyl carbamates (subject to hydrolysis) is 2. The van der Waals surface area contributed by atoms with Gasteiger partial charge < -0.3 is 76.3 Å². The highest BCUT2D eigenvalue weighted by Crippen LogP contribution is 2.22. The van der Waals surface area contributed by atoms with Crippen molar-refractivity contribution >= 4 is 71.3 Å². The number of benzene rings is 1. The third-order valence-electron chi connectivity index (χ3n) is 13.7. The lowest BCUT2D eigenvalue weighted by Crippen LogP contribution is -2.61. The maximum absolute atomic E-state index is 14.3. The van der Waals surface area contributed by atoms with Gasteiger partial charge in [0.25, 0.3) is 0 Å². The monoisotopic (exact) mass is 1110 g/mol. The highest BCUT2D eigenvalue weighted by Gasteiger charge is 2.41. The number of carboxylic acids is 1. The van der Waals surface area contributed by atoms with E-state index in [1.807, 2.05) is 0 Å². The van der Waals surface area contributed by atoms with Crippen LogP contribution < -0.4 is 32.3 Å². The fourth-order valence-electron chi connectivity index (χ4n) is 9.48. The van der Waals surface area contributed by atoms with E-state index in [1.54, 1.807) is 65.0 Å². The number of nitrogens with one attached hydrogen (secondary N) is 5. The van der Waals surface area contributed by atoms with E-state index in [0.717, 1.165) is 19.6 Å². The summed E-state index contributed by atoms with van der Waals surface area (Å²) in [6.45, 7) is 5.79. The summed E-state index contributed by atoms with van der Waals surface area (Å²) in [7, 11) is 4.08. The largest absolute Gasteiger partial charge is 0.480 e. The van der Waals surface area contributed by atoms with Gasteiger partial charge in [-0.2, -0.15) is 0 Å². The van der Waals surface area contributed by atoms with E-state index in [2.05, 4.69) is 26.6 Å². The molecule has 0 bridgehead atoms. The van der Waals surface area contributed by atoms with Crippen LogP contribution >= 0.6 is 0 Å². The molecule has 438 valence electrons. The molecule has 4 rings (SSSR count). The molecular formula is C52H80N12O15. The van der Waals surface area contributed by atoms with E-state index >= 15 is 0 Å². The van der Waals surface area contributed by atoms with Crippen molar-refractivity contribution in [2.75, 3.05) is 80.0 Å². The Morgan fingerprint density at radius 1 is 0.658 bits per heavy atom. The molecule has 27 nitrogen and oxygen atoms in total. The number of likely N-dealkylation sites (tertiary alicyclic amines) is 3. The van der Waals surface area contributed by atoms with Gasteiger partial charge in [-0.25, -0.2) is 14.4 Å². The Morgan fingerprint density at radius 2 is 1.18 bits per heavy atom. The minimum Gasteiger partial charge on any atom is -0.480 e. The van der Waals surface area contributed by atoms with Crippen LogP contribution in [0, 0.1) is 5.92 Å². The molecule has 1 aromatic carbocycles. The summed E-state index contributed by atoms with van der Waals surface area (Å²) in [5, 5.41) is 22.7. The number of likely N-dealkylation sites (N-methyl/N-ethyl adjacent to an activating group) is 3. The molecule has 79 heavy (non-hydrogen) atoms. The Labute approximate surface area is 460 Å². The van der Waals surface area contributed by atoms with E-state index in [0.29, 0.717) is 44.1 Å². The predicted octanol–water partition coefficient (Wildman–Crippen LogP) is -1.28. The van der Waals surface area contributed by atoms with Crippen molar-refractivity contribution in [3.8, 4) is 0 Å². The number of rotatable bonds is 23. The molecule has 3 fully saturated rings. The van der Waals surface area contributed by atoms with E-state index in [-0.39, 0.29) is 52.2 Å². The summed E-state index contributed by atoms with van der Waals surface area (Å²) >= 11 is 0. The number of carbonyl (C=O) groups excluding carboxylic acids is 11. The maximum Gasteiger partial charge on any atom is 0.408 e. The number of aliphatic carboxylic acids is 1. The number of amides is 11. The lowest BCUT2D eigenvalue weighted by atomic mass is 10.00. The standard InChI is InChI=1S/C52H80N12O15/c1-32(2)43(46(71)55-27-34(48(73)64-23-15-13-20-38(64)49(74)75)57-50(76)78-31-33-17-10-9-11-18-33)61(8)41(67)29-60(7)40(66)28-56-45(70)37-19-12-14-22-63(37)47(72)35(58-51(77)79-52(3,4)5)26-54-44(69)36-21-16-24-62(36)42(68)30-59(6)39(65)25-53/h9-11,17-18,32,34-38,43H,12-16,19-31,53H2,1-8H3,(H,54,69)(H,55,71)(H,56,70)(H,57,76)(H,58,77)(H,74,75)/t34-,35-,36+,37+,38+,43+/m1/s1. The summed E-state index contributed by atoms with van der Waals surface area (Å²) < 4.78 is 10.7. The number of hydrogen-bond acceptors (Lipinski definition) is 15. The topological polar surface area (TPSA) is 349 Å². The lowest BCUT2D eigenvalue weighted by molar-refractivity contribution is -0.153. The zero-order chi connectivity index (χ0) is 58.7. The Bertz CT molecular complexity index is 2370. The predicted molar refractivity (Wildman–Crippen MR) is 283 cm³/mol. The number of piperidine rings is 2. The van der Waals surface area contributed by atoms with Crippen molar-refractivity contribution in [2.24, 2.45) is 11.7 Å². The number of nitrogens with two attached hydrogens (primary N) is 1. The first-order valence-electron chi connectivity index (χ1n) is 26.6. The van der Waals surface area contributed by atoms with Gasteiger partial charge in [0.05, 0.1) is 26.2 Å². The van der Waals surface area contributed by atoms with Crippen LogP contribution in [0.15, 0.2) is 30.3 Å². The average Bonchev–Trinajstić information content (AvgIpc) is 3.92. The first-order chi connectivity index (χ1) is 37.2. The molecule has 3 heterocycles. The number of hydrogen-bond donors (Lipinski definition) is 7. The van der Waals surface area contributed by atoms with Gasteiger partial charge in [0, 0.05) is 53.9 Å². The van der Waals surface area contributed by atoms with Crippen molar-refractivity contribution in [1.29, 1.82) is 0 Å². The van der Waals surface area contributed by atoms with Gasteiger partial charge in [0.2, 0.25) is 53.2 Å². The van der Waals surface area contributed by atoms with Crippen molar-refractivity contribution < 1.29 is 72.1 Å². The Hall–Kier alpha value is -7.58. The Kier molecular flexibility index (Phi) is 24.3. The third kappa shape index (κ3) is 19.1. The molecule has 0 unspecified atom stereocenters. The minimum absolute atomic E-state index is 0.0784. The molecule has 3 saturated heterocycles. The molecule has 3 aliphatic heterocycles. The molecule has 27 heteroatoms. The molecular weight excluding hydrogens is 1030 g/mol. The van der Waals surface area contributed by atoms with Crippen molar-refractivity contribution in [3.63, 3.8) is 0 Å². The van der Waals surface area contributed by atoms with E-state index in [9.17, 15) is 62.6 Å². The maximum atomic E-state index is 14.3. The molecule has 0 saturated carbocycles. The van der Waals surface area contributed by atoms with Crippen molar-refractivity contribution in [2.45, 2.75) is 134 Å². The lowest BCUT2D eigenvalue weighted by Gasteiger charge is -2.37. The van der Waals surface area contributed by atoms with E-state index in [1.165, 1.54) is 30.9 Å². The smallest absolute Gasteiger partial charge is 0.408 e. The first-order valence-corrected chi connectivity index (χ1v) is 26.6. The molecule has 8 N–H and O–H groups in total. The van der Waals surface area contributed by atoms with Crippen LogP contribution in [0.1, 0.15) is 91.5 Å². The normalized spacial score (nSPS) is 18.4. The fourth-order valence-corrected chi connectivity index (χ4v) is 9.48. The van der Waals surface area contributed by atoms with E-state index in [4.69, 9.17) is 15.2 Å². The molecule has 0 aromatic heterocycles. The van der Waals surface area contributed by atoms with Gasteiger partial charge in [-0.15, -0.1) is 0 Å². The second-order valence-electron chi connectivity index (χ2n) is 21.2. The summed E-state index contributed by atoms with van der Waals surface area (Å²) in [6, 6.07) is 1.48. The molecule has 0 aliphatic carbocycles. The zero-order valence-electron chi connectivity index (χ0n) is 46.6. The SMILES string of the molecule is CC(C)[C@@H](C(=O)NC[C@@H](NC(=O)OCc1ccccc1)C(=O)N1CCCC[C@H]1C(=O)O)N(C)C(=O)CN(C)C(=O)CNC(=O)[C@@H]1CCCCN1C(=O)[C@@H](CNC(=O)[C@@H]1CCCN1C(=O)CN(C)C(=O)CN)NC(=O)OC(C)(C)C. The van der Waals surface area contributed by atoms with Gasteiger partial charge in [-0.3, -0.25) is 43.2 Å². The molecule has 6 atom stereocenters. The van der Waals surface area contributed by atoms with Crippen LogP contribution in [0.25, 0.3) is 0 Å². The first kappa shape index (κ1) is 63.9. The quantitative estimate of drug-likeness (QED) is 0.0671. The summed E-state index contributed by atoms with van der Waals surface area (Å²) in [5.41, 5.74) is 5.12. The average molecular weight is 1110 g/mol. The van der Waals surface area contributed by atoms with Crippen LogP contribution in [0.4, 0.5) is 9.59 Å². The second kappa shape index (κ2) is 30.0. The van der Waals surface area contributed by atoms with Crippen LogP contribution in [-0.2, 0) is 64.0 Å². The summed E-state index contributed by atoms with van der Waals surface area (Å²) in [5.74, 6) is -7.59. The van der Waals surface area contributed by atoms with Crippen LogP contribution in [0.5, 0.6) is 0 Å². The fraction of sp³-hybridized carbons (Fsp3) is 0.654. The van der Waals surface area contributed by atoms with Crippen molar-refractivity contribution in [3.05, 3.63) is 35.9 Å². The summed E-state index contributed by atoms with van der Waals surface area (Å²) in [4.78, 5) is 167. The van der Waals surface area contributed by atoms with Gasteiger partial charge in [-0.1, -0.05) is 44.2 Å². The Morgan fingerprint density at radius 3 is 1.76 bits per heavy atom. The van der Waals surface area contributed by atoms with E-state index < -0.39 is 145 Å². The highest BCUT2D eigenvalue weighted by atomic mass is 16.6. The highest BCUT2D eigenvalue weighted by molar-refractivity contribution is 5.96. The molecule has 1 aromatic rings. The zero-order valence-corrected chi connectivity index (χ0v) is 46.6. The van der Waals surface area contributed by atoms with Gasteiger partial charge in [0.1, 0.15) is 48.5 Å². The molecule has 0 radical (unpaired) electrons. The number of ether oxygens (including phenoxy) is 2. The molecule has 0 spiro atoms. The molecule has 11 amide bonds. The number of carbonyl (C=O) groups is 12.